The van der Waals surface area contributed by atoms with Gasteiger partial charge in [0.1, 0.15) is 0 Å². The molecule has 26 heavy (non-hydrogen) atoms. The van der Waals surface area contributed by atoms with Crippen molar-refractivity contribution in [2.75, 3.05) is 13.2 Å². The largest absolute Gasteiger partial charge is 0.498 e. The summed E-state index contributed by atoms with van der Waals surface area (Å²) < 4.78 is 17.3. The summed E-state index contributed by atoms with van der Waals surface area (Å²) >= 11 is 0. The van der Waals surface area contributed by atoms with Crippen molar-refractivity contribution in [3.63, 3.8) is 0 Å². The average molecular weight is 363 g/mol. The van der Waals surface area contributed by atoms with Crippen molar-refractivity contribution in [1.82, 2.24) is 0 Å². The Labute approximate surface area is 157 Å². The molecule has 0 aromatic rings. The summed E-state index contributed by atoms with van der Waals surface area (Å²) in [6.45, 7) is 11.8. The number of esters is 1. The lowest BCUT2D eigenvalue weighted by Gasteiger charge is -2.26. The molecule has 7 unspecified atom stereocenters. The van der Waals surface area contributed by atoms with Crippen LogP contribution in [-0.4, -0.2) is 30.9 Å². The summed E-state index contributed by atoms with van der Waals surface area (Å²) in [5.41, 5.74) is 0.676. The quantitative estimate of drug-likeness (QED) is 0.381. The van der Waals surface area contributed by atoms with E-state index in [9.17, 15) is 4.79 Å². The number of hydrogen-bond donors (Lipinski definition) is 0. The molecule has 4 fully saturated rings. The number of fused-ring (bicyclic) bond motifs is 2. The lowest BCUT2D eigenvalue weighted by atomic mass is 9.82. The summed E-state index contributed by atoms with van der Waals surface area (Å²) in [4.78, 5) is 12.3. The minimum atomic E-state index is 0.00192. The topological polar surface area (TPSA) is 48.1 Å². The molecule has 0 aromatic carbocycles. The van der Waals surface area contributed by atoms with Gasteiger partial charge in [-0.25, -0.2) is 0 Å². The highest BCUT2D eigenvalue weighted by Gasteiger charge is 2.56. The molecule has 146 valence electrons. The molecule has 4 nitrogen and oxygen atoms in total. The number of epoxide rings is 1. The highest BCUT2D eigenvalue weighted by Crippen LogP contribution is 2.62. The van der Waals surface area contributed by atoms with E-state index >= 15 is 0 Å². The molecule has 1 saturated heterocycles. The van der Waals surface area contributed by atoms with Gasteiger partial charge in [-0.05, 0) is 63.2 Å². The first kappa shape index (κ1) is 18.3. The Morgan fingerprint density at radius 1 is 1.15 bits per heavy atom. The van der Waals surface area contributed by atoms with E-state index in [0.717, 1.165) is 43.8 Å². The lowest BCUT2D eigenvalue weighted by molar-refractivity contribution is -0.151. The zero-order valence-corrected chi connectivity index (χ0v) is 16.6. The standard InChI is InChI=1S/C22H34O4/c1-14(12-24-15(2)16-6-8-22(4)19(10-16)26-22)13-25-20(23)17-5-7-21(3)11-18(21)9-17/h14,16-19H,2,5-13H2,1,3-4H3. The van der Waals surface area contributed by atoms with E-state index in [1.165, 1.54) is 12.8 Å². The second kappa shape index (κ2) is 6.54. The fourth-order valence-electron chi connectivity index (χ4n) is 5.05. The van der Waals surface area contributed by atoms with Gasteiger partial charge in [0.15, 0.2) is 0 Å². The highest BCUT2D eigenvalue weighted by molar-refractivity contribution is 5.72. The van der Waals surface area contributed by atoms with Gasteiger partial charge in [-0.15, -0.1) is 0 Å². The van der Waals surface area contributed by atoms with Crippen molar-refractivity contribution in [2.24, 2.45) is 29.1 Å². The Morgan fingerprint density at radius 3 is 2.62 bits per heavy atom. The minimum absolute atomic E-state index is 0.00192. The minimum Gasteiger partial charge on any atom is -0.498 e. The second-order valence-corrected chi connectivity index (χ2v) is 9.93. The first-order valence-electron chi connectivity index (χ1n) is 10.5. The van der Waals surface area contributed by atoms with Gasteiger partial charge in [0, 0.05) is 11.8 Å². The molecule has 0 radical (unpaired) electrons. The van der Waals surface area contributed by atoms with Crippen LogP contribution in [0.25, 0.3) is 0 Å². The van der Waals surface area contributed by atoms with Crippen molar-refractivity contribution < 1.29 is 19.0 Å². The van der Waals surface area contributed by atoms with Gasteiger partial charge in [-0.1, -0.05) is 20.4 Å². The molecule has 3 saturated carbocycles. The van der Waals surface area contributed by atoms with Crippen LogP contribution in [-0.2, 0) is 19.0 Å². The maximum atomic E-state index is 12.3. The molecule has 4 aliphatic rings. The fraction of sp³-hybridized carbons (Fsp3) is 0.864. The van der Waals surface area contributed by atoms with Crippen LogP contribution in [0.5, 0.6) is 0 Å². The summed E-state index contributed by atoms with van der Waals surface area (Å²) in [6.07, 6.45) is 8.12. The summed E-state index contributed by atoms with van der Waals surface area (Å²) in [7, 11) is 0. The smallest absolute Gasteiger partial charge is 0.308 e. The zero-order chi connectivity index (χ0) is 18.5. The van der Waals surface area contributed by atoms with Gasteiger partial charge >= 0.3 is 5.97 Å². The van der Waals surface area contributed by atoms with Gasteiger partial charge in [0.25, 0.3) is 0 Å². The molecule has 3 aliphatic carbocycles. The molecule has 1 aliphatic heterocycles. The van der Waals surface area contributed by atoms with E-state index in [1.54, 1.807) is 0 Å². The molecule has 4 heteroatoms. The lowest BCUT2D eigenvalue weighted by Crippen LogP contribution is -2.26. The van der Waals surface area contributed by atoms with Crippen LogP contribution in [0.2, 0.25) is 0 Å². The highest BCUT2D eigenvalue weighted by atomic mass is 16.6. The molecule has 0 N–H and O–H groups in total. The summed E-state index contributed by atoms with van der Waals surface area (Å²) in [5.74, 6) is 2.35. The molecule has 0 spiro atoms. The van der Waals surface area contributed by atoms with Crippen molar-refractivity contribution in [1.29, 1.82) is 0 Å². The number of carbonyl (C=O) groups is 1. The Kier molecular flexibility index (Phi) is 4.61. The number of ether oxygens (including phenoxy) is 3. The Bertz CT molecular complexity index is 537. The molecule has 0 amide bonds. The molecule has 4 rings (SSSR count). The number of allylic oxidation sites excluding steroid dienone is 1. The molecule has 1 heterocycles. The van der Waals surface area contributed by atoms with Crippen LogP contribution < -0.4 is 0 Å². The van der Waals surface area contributed by atoms with Crippen LogP contribution in [0, 0.1) is 29.1 Å². The zero-order valence-electron chi connectivity index (χ0n) is 16.6. The molecule has 0 aromatic heterocycles. The van der Waals surface area contributed by atoms with Gasteiger partial charge in [0.05, 0.1) is 36.6 Å². The van der Waals surface area contributed by atoms with Gasteiger partial charge in [0.2, 0.25) is 0 Å². The molecule has 0 bridgehead atoms. The number of rotatable bonds is 7. The van der Waals surface area contributed by atoms with Crippen LogP contribution in [0.4, 0.5) is 0 Å². The third-order valence-electron chi connectivity index (χ3n) is 7.55. The Hall–Kier alpha value is -1.03. The fourth-order valence-corrected chi connectivity index (χ4v) is 5.05. The summed E-state index contributed by atoms with van der Waals surface area (Å²) in [6, 6.07) is 0. The van der Waals surface area contributed by atoms with E-state index in [1.807, 2.05) is 0 Å². The van der Waals surface area contributed by atoms with Crippen molar-refractivity contribution >= 4 is 5.97 Å². The van der Waals surface area contributed by atoms with Crippen molar-refractivity contribution in [2.45, 2.75) is 77.4 Å². The molecular weight excluding hydrogens is 328 g/mol. The van der Waals surface area contributed by atoms with Gasteiger partial charge in [-0.3, -0.25) is 4.79 Å². The SMILES string of the molecule is C=C(OCC(C)COC(=O)C1CCC2(C)CC2C1)C1CCC2(C)OC2C1. The first-order chi connectivity index (χ1) is 12.3. The Morgan fingerprint density at radius 2 is 1.88 bits per heavy atom. The first-order valence-corrected chi connectivity index (χ1v) is 10.5. The number of carbonyl (C=O) groups excluding carboxylic acids is 1. The number of hydrogen-bond acceptors (Lipinski definition) is 4. The van der Waals surface area contributed by atoms with E-state index in [0.29, 0.717) is 30.7 Å². The van der Waals surface area contributed by atoms with E-state index in [-0.39, 0.29) is 23.4 Å². The third-order valence-corrected chi connectivity index (χ3v) is 7.55. The maximum Gasteiger partial charge on any atom is 0.308 e. The predicted molar refractivity (Wildman–Crippen MR) is 99.4 cm³/mol. The molecule has 7 atom stereocenters. The monoisotopic (exact) mass is 362 g/mol. The third kappa shape index (κ3) is 3.67. The average Bonchev–Trinajstić information content (AvgIpc) is 3.48. The van der Waals surface area contributed by atoms with Gasteiger partial charge in [-0.2, -0.15) is 0 Å². The Balaban J connectivity index is 1.12. The van der Waals surface area contributed by atoms with Crippen LogP contribution in [0.3, 0.4) is 0 Å². The van der Waals surface area contributed by atoms with E-state index in [2.05, 4.69) is 27.4 Å². The van der Waals surface area contributed by atoms with E-state index in [4.69, 9.17) is 14.2 Å². The summed E-state index contributed by atoms with van der Waals surface area (Å²) in [5, 5.41) is 0. The van der Waals surface area contributed by atoms with Crippen molar-refractivity contribution in [3.05, 3.63) is 12.3 Å². The second-order valence-electron chi connectivity index (χ2n) is 9.93. The van der Waals surface area contributed by atoms with Crippen LogP contribution in [0.15, 0.2) is 12.3 Å². The predicted octanol–water partition coefficient (Wildman–Crippen LogP) is 4.48. The van der Waals surface area contributed by atoms with Crippen molar-refractivity contribution in [3.8, 4) is 0 Å². The normalized spacial score (nSPS) is 44.3. The molecular formula is C22H34O4. The maximum absolute atomic E-state index is 12.3. The van der Waals surface area contributed by atoms with Crippen LogP contribution >= 0.6 is 0 Å². The van der Waals surface area contributed by atoms with Gasteiger partial charge < -0.3 is 14.2 Å². The van der Waals surface area contributed by atoms with E-state index < -0.39 is 0 Å². The van der Waals surface area contributed by atoms with Crippen LogP contribution in [0.1, 0.15) is 65.7 Å².